The predicted molar refractivity (Wildman–Crippen MR) is 81.5 cm³/mol. The normalized spacial score (nSPS) is 15.8. The Morgan fingerprint density at radius 1 is 1.19 bits per heavy atom. The van der Waals surface area contributed by atoms with Gasteiger partial charge in [-0.3, -0.25) is 9.59 Å². The van der Waals surface area contributed by atoms with Gasteiger partial charge in [0.05, 0.1) is 10.0 Å². The lowest BCUT2D eigenvalue weighted by Gasteiger charge is -2.22. The number of amides is 2. The fourth-order valence-electron chi connectivity index (χ4n) is 2.43. The van der Waals surface area contributed by atoms with E-state index in [-0.39, 0.29) is 21.9 Å². The molecule has 4 nitrogen and oxygen atoms in total. The van der Waals surface area contributed by atoms with Crippen LogP contribution in [0.3, 0.4) is 0 Å². The molecule has 1 aromatic rings. The highest BCUT2D eigenvalue weighted by atomic mass is 79.9. The van der Waals surface area contributed by atoms with E-state index in [1.165, 1.54) is 6.07 Å². The van der Waals surface area contributed by atoms with Crippen LogP contribution in [-0.4, -0.2) is 47.8 Å². The van der Waals surface area contributed by atoms with E-state index in [1.54, 1.807) is 21.9 Å². The number of hydrogen-bond donors (Lipinski definition) is 0. The Hall–Kier alpha value is -1.43. The lowest BCUT2D eigenvalue weighted by atomic mass is 10.2. The summed E-state index contributed by atoms with van der Waals surface area (Å²) in [5.41, 5.74) is 0.0691. The van der Waals surface area contributed by atoms with E-state index in [9.17, 15) is 14.0 Å². The van der Waals surface area contributed by atoms with Crippen molar-refractivity contribution in [3.05, 3.63) is 34.1 Å². The Morgan fingerprint density at radius 3 is 2.57 bits per heavy atom. The second-order valence-electron chi connectivity index (χ2n) is 4.98. The molecule has 1 aromatic carbocycles. The van der Waals surface area contributed by atoms with Crippen LogP contribution in [0.2, 0.25) is 0 Å². The predicted octanol–water partition coefficient (Wildman–Crippen LogP) is 2.67. The number of hydrogen-bond acceptors (Lipinski definition) is 2. The number of nitrogens with zero attached hydrogens (tertiary/aromatic N) is 2. The molecule has 2 amide bonds. The summed E-state index contributed by atoms with van der Waals surface area (Å²) in [5, 5.41) is 0. The third-order valence-corrected chi connectivity index (χ3v) is 4.23. The maximum absolute atomic E-state index is 14.0. The summed E-state index contributed by atoms with van der Waals surface area (Å²) in [7, 11) is 0. The van der Waals surface area contributed by atoms with Gasteiger partial charge in [-0.2, -0.15) is 0 Å². The van der Waals surface area contributed by atoms with Crippen LogP contribution in [0.4, 0.5) is 4.39 Å². The van der Waals surface area contributed by atoms with Crippen molar-refractivity contribution in [1.82, 2.24) is 9.80 Å². The van der Waals surface area contributed by atoms with Crippen LogP contribution in [0.25, 0.3) is 0 Å². The van der Waals surface area contributed by atoms with E-state index >= 15 is 0 Å². The topological polar surface area (TPSA) is 40.6 Å². The van der Waals surface area contributed by atoms with Crippen molar-refractivity contribution in [2.45, 2.75) is 19.8 Å². The number of halogens is 2. The summed E-state index contributed by atoms with van der Waals surface area (Å²) in [4.78, 5) is 27.5. The van der Waals surface area contributed by atoms with Gasteiger partial charge < -0.3 is 9.80 Å². The first-order valence-corrected chi connectivity index (χ1v) is 7.85. The van der Waals surface area contributed by atoms with Gasteiger partial charge >= 0.3 is 0 Å². The molecule has 2 rings (SSSR count). The molecule has 0 aliphatic carbocycles. The van der Waals surface area contributed by atoms with E-state index in [2.05, 4.69) is 15.9 Å². The summed E-state index contributed by atoms with van der Waals surface area (Å²) in [6.45, 7) is 3.97. The van der Waals surface area contributed by atoms with E-state index in [0.29, 0.717) is 39.0 Å². The van der Waals surface area contributed by atoms with Gasteiger partial charge in [0.2, 0.25) is 5.91 Å². The zero-order chi connectivity index (χ0) is 15.4. The van der Waals surface area contributed by atoms with Crippen molar-refractivity contribution in [2.24, 2.45) is 0 Å². The van der Waals surface area contributed by atoms with Gasteiger partial charge in [0.25, 0.3) is 5.91 Å². The molecule has 1 fully saturated rings. The van der Waals surface area contributed by atoms with Crippen molar-refractivity contribution in [3.8, 4) is 0 Å². The standard InChI is InChI=1S/C15H18BrFN2O2/c1-2-13(20)18-7-4-8-19(10-9-18)15(21)11-5-3-6-12(16)14(11)17/h3,5-6H,2,4,7-10H2,1H3. The number of benzene rings is 1. The number of carbonyl (C=O) groups is 2. The lowest BCUT2D eigenvalue weighted by molar-refractivity contribution is -0.130. The van der Waals surface area contributed by atoms with E-state index in [1.807, 2.05) is 6.92 Å². The maximum Gasteiger partial charge on any atom is 0.256 e. The molecule has 1 heterocycles. The SMILES string of the molecule is CCC(=O)N1CCCN(C(=O)c2cccc(Br)c2F)CC1. The van der Waals surface area contributed by atoms with Crippen LogP contribution >= 0.6 is 15.9 Å². The van der Waals surface area contributed by atoms with Gasteiger partial charge in [0.15, 0.2) is 0 Å². The van der Waals surface area contributed by atoms with Crippen LogP contribution in [0, 0.1) is 5.82 Å². The Bertz CT molecular complexity index is 550. The van der Waals surface area contributed by atoms with Gasteiger partial charge in [0.1, 0.15) is 5.82 Å². The molecule has 0 bridgehead atoms. The fraction of sp³-hybridized carbons (Fsp3) is 0.467. The number of carbonyl (C=O) groups excluding carboxylic acids is 2. The first-order chi connectivity index (χ1) is 10.0. The quantitative estimate of drug-likeness (QED) is 0.817. The van der Waals surface area contributed by atoms with E-state index in [0.717, 1.165) is 0 Å². The molecule has 0 radical (unpaired) electrons. The van der Waals surface area contributed by atoms with Gasteiger partial charge in [0, 0.05) is 32.6 Å². The molecule has 0 saturated carbocycles. The van der Waals surface area contributed by atoms with Crippen molar-refractivity contribution in [2.75, 3.05) is 26.2 Å². The minimum absolute atomic E-state index is 0.0691. The molecule has 0 aromatic heterocycles. The Balaban J connectivity index is 2.10. The third-order valence-electron chi connectivity index (χ3n) is 3.62. The molecule has 0 N–H and O–H groups in total. The monoisotopic (exact) mass is 356 g/mol. The van der Waals surface area contributed by atoms with Crippen molar-refractivity contribution in [1.29, 1.82) is 0 Å². The minimum atomic E-state index is -0.534. The summed E-state index contributed by atoms with van der Waals surface area (Å²) >= 11 is 3.09. The molecule has 1 saturated heterocycles. The smallest absolute Gasteiger partial charge is 0.256 e. The summed E-state index contributed by atoms with van der Waals surface area (Å²) in [6, 6.07) is 4.70. The number of rotatable bonds is 2. The van der Waals surface area contributed by atoms with Crippen molar-refractivity contribution < 1.29 is 14.0 Å². The van der Waals surface area contributed by atoms with Gasteiger partial charge in [-0.05, 0) is 34.5 Å². The first kappa shape index (κ1) is 15.9. The summed E-state index contributed by atoms with van der Waals surface area (Å²) in [6.07, 6.45) is 1.18. The third kappa shape index (κ3) is 3.61. The molecular weight excluding hydrogens is 339 g/mol. The molecule has 6 heteroatoms. The molecule has 0 unspecified atom stereocenters. The maximum atomic E-state index is 14.0. The molecule has 114 valence electrons. The fourth-order valence-corrected chi connectivity index (χ4v) is 2.80. The van der Waals surface area contributed by atoms with Crippen LogP contribution in [0.1, 0.15) is 30.1 Å². The highest BCUT2D eigenvalue weighted by Crippen LogP contribution is 2.20. The summed E-state index contributed by atoms with van der Waals surface area (Å²) < 4.78 is 14.3. The van der Waals surface area contributed by atoms with Crippen LogP contribution in [0.15, 0.2) is 22.7 Å². The summed E-state index contributed by atoms with van der Waals surface area (Å²) in [5.74, 6) is -0.759. The molecule has 1 aliphatic heterocycles. The molecular formula is C15H18BrFN2O2. The van der Waals surface area contributed by atoms with Crippen LogP contribution < -0.4 is 0 Å². The van der Waals surface area contributed by atoms with Gasteiger partial charge in [-0.1, -0.05) is 13.0 Å². The zero-order valence-corrected chi connectivity index (χ0v) is 13.5. The average molecular weight is 357 g/mol. The average Bonchev–Trinajstić information content (AvgIpc) is 2.74. The van der Waals surface area contributed by atoms with Crippen molar-refractivity contribution >= 4 is 27.7 Å². The Kier molecular flexibility index (Phi) is 5.33. The molecule has 1 aliphatic rings. The van der Waals surface area contributed by atoms with Gasteiger partial charge in [-0.25, -0.2) is 4.39 Å². The highest BCUT2D eigenvalue weighted by Gasteiger charge is 2.24. The second kappa shape index (κ2) is 7.02. The second-order valence-corrected chi connectivity index (χ2v) is 5.84. The largest absolute Gasteiger partial charge is 0.341 e. The molecule has 21 heavy (non-hydrogen) atoms. The Labute approximate surface area is 132 Å². The first-order valence-electron chi connectivity index (χ1n) is 7.05. The lowest BCUT2D eigenvalue weighted by Crippen LogP contribution is -2.37. The van der Waals surface area contributed by atoms with Crippen molar-refractivity contribution in [3.63, 3.8) is 0 Å². The zero-order valence-electron chi connectivity index (χ0n) is 11.9. The highest BCUT2D eigenvalue weighted by molar-refractivity contribution is 9.10. The van der Waals surface area contributed by atoms with Gasteiger partial charge in [-0.15, -0.1) is 0 Å². The van der Waals surface area contributed by atoms with E-state index < -0.39 is 5.82 Å². The minimum Gasteiger partial charge on any atom is -0.341 e. The van der Waals surface area contributed by atoms with E-state index in [4.69, 9.17) is 0 Å². The van der Waals surface area contributed by atoms with Crippen LogP contribution in [-0.2, 0) is 4.79 Å². The molecule has 0 atom stereocenters. The van der Waals surface area contributed by atoms with Crippen LogP contribution in [0.5, 0.6) is 0 Å². The Morgan fingerprint density at radius 2 is 1.86 bits per heavy atom. The molecule has 0 spiro atoms.